The fourth-order valence-electron chi connectivity index (χ4n) is 9.69. The standard InChI is InChI=1S/C55H94N2O4/c1-5-7-9-11-13-15-17-19-21-23-25-27-29-31-33-35-37-56-44-50-40-48(42-52(58-3)54(50)60-46-56)39-49-41-51-45-57(47-61-55(51)53(43-49)59-4)38-36-34-32-30-28-26-24-22-20-18-16-14-12-10-8-6-2/h40-43H,5-39,44-47H2,1-4H3. The van der Waals surface area contributed by atoms with Crippen molar-refractivity contribution in [1.82, 2.24) is 9.80 Å². The van der Waals surface area contributed by atoms with Crippen molar-refractivity contribution in [2.24, 2.45) is 0 Å². The molecule has 2 heterocycles. The number of unbranched alkanes of at least 4 members (excludes halogenated alkanes) is 30. The van der Waals surface area contributed by atoms with Gasteiger partial charge in [-0.2, -0.15) is 0 Å². The number of rotatable bonds is 38. The average molecular weight is 847 g/mol. The summed E-state index contributed by atoms with van der Waals surface area (Å²) in [6.45, 7) is 9.87. The SMILES string of the molecule is CCCCCCCCCCCCCCCCCCN1COc2c(cc(Cc3cc4c(c(OC)c3)OCN(CCCCCCCCCCCCCCCCCC)C4)cc2OC)C1. The molecule has 61 heavy (non-hydrogen) atoms. The van der Waals surface area contributed by atoms with E-state index in [0.29, 0.717) is 13.5 Å². The summed E-state index contributed by atoms with van der Waals surface area (Å²) < 4.78 is 24.4. The molecular formula is C55H94N2O4. The second kappa shape index (κ2) is 33.1. The maximum absolute atomic E-state index is 6.32. The Balaban J connectivity index is 1.10. The van der Waals surface area contributed by atoms with Gasteiger partial charge >= 0.3 is 0 Å². The number of fused-ring (bicyclic) bond motifs is 2. The number of hydrogen-bond donors (Lipinski definition) is 0. The highest BCUT2D eigenvalue weighted by Gasteiger charge is 2.24. The molecule has 0 bridgehead atoms. The molecule has 0 aliphatic carbocycles. The summed E-state index contributed by atoms with van der Waals surface area (Å²) in [5, 5.41) is 0. The highest BCUT2D eigenvalue weighted by molar-refractivity contribution is 5.54. The highest BCUT2D eigenvalue weighted by atomic mass is 16.5. The van der Waals surface area contributed by atoms with E-state index in [1.54, 1.807) is 14.2 Å². The minimum atomic E-state index is 0.638. The molecule has 0 radical (unpaired) electrons. The summed E-state index contributed by atoms with van der Waals surface area (Å²) in [6, 6.07) is 9.00. The molecule has 6 nitrogen and oxygen atoms in total. The van der Waals surface area contributed by atoms with E-state index in [2.05, 4.69) is 47.9 Å². The maximum atomic E-state index is 6.32. The van der Waals surface area contributed by atoms with Crippen LogP contribution in [-0.4, -0.2) is 50.6 Å². The van der Waals surface area contributed by atoms with E-state index in [1.165, 1.54) is 228 Å². The fraction of sp³-hybridized carbons (Fsp3) is 0.782. The third kappa shape index (κ3) is 21.2. The second-order valence-electron chi connectivity index (χ2n) is 19.0. The lowest BCUT2D eigenvalue weighted by Crippen LogP contribution is -2.33. The van der Waals surface area contributed by atoms with Gasteiger partial charge < -0.3 is 18.9 Å². The molecule has 0 fully saturated rings. The van der Waals surface area contributed by atoms with Gasteiger partial charge in [0.1, 0.15) is 13.5 Å². The minimum absolute atomic E-state index is 0.638. The van der Waals surface area contributed by atoms with Gasteiger partial charge in [0, 0.05) is 37.3 Å². The Labute approximate surface area is 376 Å². The van der Waals surface area contributed by atoms with E-state index in [0.717, 1.165) is 55.6 Å². The lowest BCUT2D eigenvalue weighted by atomic mass is 9.98. The molecule has 348 valence electrons. The van der Waals surface area contributed by atoms with Crippen molar-refractivity contribution in [2.45, 2.75) is 239 Å². The van der Waals surface area contributed by atoms with Gasteiger partial charge in [0.2, 0.25) is 0 Å². The van der Waals surface area contributed by atoms with Crippen LogP contribution >= 0.6 is 0 Å². The van der Waals surface area contributed by atoms with Crippen molar-refractivity contribution in [3.8, 4) is 23.0 Å². The van der Waals surface area contributed by atoms with Gasteiger partial charge in [0.05, 0.1) is 14.2 Å². The van der Waals surface area contributed by atoms with E-state index >= 15 is 0 Å². The van der Waals surface area contributed by atoms with Crippen molar-refractivity contribution in [1.29, 1.82) is 0 Å². The third-order valence-corrected chi connectivity index (χ3v) is 13.5. The normalized spacial score (nSPS) is 14.1. The molecule has 6 heteroatoms. The van der Waals surface area contributed by atoms with Crippen LogP contribution in [0.15, 0.2) is 24.3 Å². The van der Waals surface area contributed by atoms with Crippen LogP contribution in [0.4, 0.5) is 0 Å². The fourth-order valence-corrected chi connectivity index (χ4v) is 9.69. The van der Waals surface area contributed by atoms with Crippen molar-refractivity contribution < 1.29 is 18.9 Å². The molecule has 2 aromatic carbocycles. The molecule has 2 aliphatic rings. The molecule has 0 atom stereocenters. The first-order valence-corrected chi connectivity index (χ1v) is 26.2. The molecule has 0 unspecified atom stereocenters. The summed E-state index contributed by atoms with van der Waals surface area (Å²) in [6.07, 6.45) is 45.7. The zero-order valence-electron chi connectivity index (χ0n) is 40.4. The maximum Gasteiger partial charge on any atom is 0.167 e. The van der Waals surface area contributed by atoms with Gasteiger partial charge in [-0.25, -0.2) is 0 Å². The molecule has 4 rings (SSSR count). The van der Waals surface area contributed by atoms with E-state index in [1.807, 2.05) is 0 Å². The zero-order chi connectivity index (χ0) is 43.0. The van der Waals surface area contributed by atoms with Crippen LogP contribution in [0.25, 0.3) is 0 Å². The van der Waals surface area contributed by atoms with E-state index in [4.69, 9.17) is 18.9 Å². The van der Waals surface area contributed by atoms with E-state index in [9.17, 15) is 0 Å². The van der Waals surface area contributed by atoms with Crippen LogP contribution in [0.1, 0.15) is 242 Å². The van der Waals surface area contributed by atoms with Crippen LogP contribution < -0.4 is 18.9 Å². The molecule has 0 N–H and O–H groups in total. The topological polar surface area (TPSA) is 43.4 Å². The van der Waals surface area contributed by atoms with Gasteiger partial charge in [0.25, 0.3) is 0 Å². The molecule has 2 aromatic rings. The first-order chi connectivity index (χ1) is 30.1. The smallest absolute Gasteiger partial charge is 0.167 e. The molecule has 0 aromatic heterocycles. The van der Waals surface area contributed by atoms with Crippen LogP contribution in [0, 0.1) is 0 Å². The van der Waals surface area contributed by atoms with Gasteiger partial charge in [0.15, 0.2) is 23.0 Å². The van der Waals surface area contributed by atoms with Gasteiger partial charge in [-0.1, -0.05) is 219 Å². The van der Waals surface area contributed by atoms with Crippen LogP contribution in [0.2, 0.25) is 0 Å². The number of nitrogens with zero attached hydrogens (tertiary/aromatic N) is 2. The second-order valence-corrected chi connectivity index (χ2v) is 19.0. The number of benzene rings is 2. The average Bonchev–Trinajstić information content (AvgIpc) is 3.27. The van der Waals surface area contributed by atoms with Gasteiger partial charge in [-0.05, 0) is 42.5 Å². The summed E-state index contributed by atoms with van der Waals surface area (Å²) in [5.74, 6) is 3.51. The Bertz CT molecular complexity index is 1290. The Morgan fingerprint density at radius 1 is 0.393 bits per heavy atom. The Morgan fingerprint density at radius 2 is 0.672 bits per heavy atom. The molecular weight excluding hydrogens is 753 g/mol. The number of methoxy groups -OCH3 is 2. The monoisotopic (exact) mass is 847 g/mol. The largest absolute Gasteiger partial charge is 0.493 e. The van der Waals surface area contributed by atoms with Crippen molar-refractivity contribution in [3.05, 3.63) is 46.5 Å². The van der Waals surface area contributed by atoms with Gasteiger partial charge in [-0.15, -0.1) is 0 Å². The zero-order valence-corrected chi connectivity index (χ0v) is 40.4. The van der Waals surface area contributed by atoms with Crippen molar-refractivity contribution in [2.75, 3.05) is 40.8 Å². The first kappa shape index (κ1) is 51.2. The van der Waals surface area contributed by atoms with Crippen LogP contribution in [0.3, 0.4) is 0 Å². The number of ether oxygens (including phenoxy) is 4. The Kier molecular flexibility index (Phi) is 27.8. The Hall–Kier alpha value is -2.44. The lowest BCUT2D eigenvalue weighted by molar-refractivity contribution is 0.0899. The van der Waals surface area contributed by atoms with E-state index < -0.39 is 0 Å². The summed E-state index contributed by atoms with van der Waals surface area (Å²) in [5.41, 5.74) is 4.95. The van der Waals surface area contributed by atoms with Crippen molar-refractivity contribution >= 4 is 0 Å². The third-order valence-electron chi connectivity index (χ3n) is 13.5. The predicted molar refractivity (Wildman–Crippen MR) is 260 cm³/mol. The number of hydrogen-bond acceptors (Lipinski definition) is 6. The lowest BCUT2D eigenvalue weighted by Gasteiger charge is -2.31. The predicted octanol–water partition coefficient (Wildman–Crippen LogP) is 16.1. The van der Waals surface area contributed by atoms with Crippen LogP contribution in [0.5, 0.6) is 23.0 Å². The van der Waals surface area contributed by atoms with Crippen molar-refractivity contribution in [3.63, 3.8) is 0 Å². The first-order valence-electron chi connectivity index (χ1n) is 26.2. The quantitative estimate of drug-likeness (QED) is 0.0627. The minimum Gasteiger partial charge on any atom is -0.493 e. The molecule has 0 saturated heterocycles. The molecule has 0 saturated carbocycles. The Morgan fingerprint density at radius 3 is 0.951 bits per heavy atom. The summed E-state index contributed by atoms with van der Waals surface area (Å²) in [7, 11) is 3.53. The molecule has 0 spiro atoms. The summed E-state index contributed by atoms with van der Waals surface area (Å²) in [4.78, 5) is 4.92. The summed E-state index contributed by atoms with van der Waals surface area (Å²) >= 11 is 0. The van der Waals surface area contributed by atoms with Crippen LogP contribution in [-0.2, 0) is 19.5 Å². The molecule has 2 aliphatic heterocycles. The van der Waals surface area contributed by atoms with E-state index in [-0.39, 0.29) is 0 Å². The van der Waals surface area contributed by atoms with Gasteiger partial charge in [-0.3, -0.25) is 9.80 Å². The molecule has 0 amide bonds. The highest BCUT2D eigenvalue weighted by Crippen LogP contribution is 2.40.